The van der Waals surface area contributed by atoms with Crippen LogP contribution >= 0.6 is 0 Å². The third-order valence-electron chi connectivity index (χ3n) is 7.35. The van der Waals surface area contributed by atoms with Crippen LogP contribution in [-0.2, 0) is 11.2 Å². The molecule has 4 N–H and O–H groups in total. The lowest BCUT2D eigenvalue weighted by Gasteiger charge is -2.34. The van der Waals surface area contributed by atoms with Gasteiger partial charge in [0.15, 0.2) is 0 Å². The topological polar surface area (TPSA) is 132 Å². The standard InChI is InChI=1S/C32H39N5O6/c1-21-18-37(22(2)20-38)30(39)17-23-16-26(34-31(40)33-25-10-13-27(42-4)14-11-25)12-15-28(23)43-29(21)19-36(3)32(41)35-24-8-6-5-7-9-24/h5-16,21-22,29,38H,17-20H2,1-4H3,(H,35,41)(H2,33,34,40)/t21-,22-,29-/m1/s1. The van der Waals surface area contributed by atoms with Crippen LogP contribution in [0.3, 0.4) is 0 Å². The number of carbonyl (C=O) groups excluding carboxylic acids is 3. The molecule has 3 atom stereocenters. The Morgan fingerprint density at radius 2 is 1.67 bits per heavy atom. The SMILES string of the molecule is COc1ccc(NC(=O)Nc2ccc3c(c2)CC(=O)N([C@H](C)CO)C[C@@H](C)[C@@H](CN(C)C(=O)Nc2ccccc2)O3)cc1. The highest BCUT2D eigenvalue weighted by Gasteiger charge is 2.32. The minimum atomic E-state index is -0.471. The van der Waals surface area contributed by atoms with Crippen LogP contribution in [0.15, 0.2) is 72.8 Å². The maximum Gasteiger partial charge on any atom is 0.323 e. The van der Waals surface area contributed by atoms with Gasteiger partial charge in [-0.1, -0.05) is 25.1 Å². The Morgan fingerprint density at radius 1 is 1.02 bits per heavy atom. The second-order valence-electron chi connectivity index (χ2n) is 10.7. The van der Waals surface area contributed by atoms with E-state index in [0.29, 0.717) is 40.7 Å². The Bertz CT molecular complexity index is 1400. The van der Waals surface area contributed by atoms with Gasteiger partial charge in [0.05, 0.1) is 32.7 Å². The smallest absolute Gasteiger partial charge is 0.323 e. The van der Waals surface area contributed by atoms with E-state index in [1.54, 1.807) is 73.3 Å². The van der Waals surface area contributed by atoms with E-state index >= 15 is 0 Å². The molecule has 1 aliphatic heterocycles. The number of carbonyl (C=O) groups is 3. The number of methoxy groups -OCH3 is 1. The number of amides is 5. The molecule has 228 valence electrons. The summed E-state index contributed by atoms with van der Waals surface area (Å²) in [5.74, 6) is 0.813. The summed E-state index contributed by atoms with van der Waals surface area (Å²) in [4.78, 5) is 42.3. The minimum absolute atomic E-state index is 0.0130. The second kappa shape index (κ2) is 14.4. The molecular formula is C32H39N5O6. The van der Waals surface area contributed by atoms with Crippen molar-refractivity contribution >= 4 is 35.0 Å². The number of nitrogens with zero attached hydrogens (tertiary/aromatic N) is 2. The quantitative estimate of drug-likeness (QED) is 0.302. The van der Waals surface area contributed by atoms with Crippen molar-refractivity contribution in [1.82, 2.24) is 9.80 Å². The average molecular weight is 590 g/mol. The van der Waals surface area contributed by atoms with Gasteiger partial charge in [0.2, 0.25) is 5.91 Å². The molecule has 11 nitrogen and oxygen atoms in total. The third kappa shape index (κ3) is 8.39. The van der Waals surface area contributed by atoms with E-state index in [1.165, 1.54) is 0 Å². The Kier molecular flexibility index (Phi) is 10.4. The lowest BCUT2D eigenvalue weighted by molar-refractivity contribution is -0.134. The highest BCUT2D eigenvalue weighted by molar-refractivity contribution is 6.00. The van der Waals surface area contributed by atoms with Gasteiger partial charge in [-0.15, -0.1) is 0 Å². The van der Waals surface area contributed by atoms with Crippen LogP contribution < -0.4 is 25.4 Å². The molecule has 0 fully saturated rings. The predicted octanol–water partition coefficient (Wildman–Crippen LogP) is 4.65. The monoisotopic (exact) mass is 589 g/mol. The van der Waals surface area contributed by atoms with Crippen LogP contribution in [0, 0.1) is 5.92 Å². The van der Waals surface area contributed by atoms with Gasteiger partial charge in [0.25, 0.3) is 0 Å². The second-order valence-corrected chi connectivity index (χ2v) is 10.7. The summed E-state index contributed by atoms with van der Waals surface area (Å²) in [5, 5.41) is 18.3. The normalized spacial score (nSPS) is 17.2. The molecule has 43 heavy (non-hydrogen) atoms. The fourth-order valence-corrected chi connectivity index (χ4v) is 4.79. The Balaban J connectivity index is 1.54. The molecule has 3 aromatic carbocycles. The van der Waals surface area contributed by atoms with Gasteiger partial charge >= 0.3 is 12.1 Å². The lowest BCUT2D eigenvalue weighted by Crippen LogP contribution is -2.48. The fourth-order valence-electron chi connectivity index (χ4n) is 4.79. The van der Waals surface area contributed by atoms with E-state index in [9.17, 15) is 19.5 Å². The van der Waals surface area contributed by atoms with Crippen molar-refractivity contribution in [3.05, 3.63) is 78.4 Å². The molecule has 0 saturated carbocycles. The lowest BCUT2D eigenvalue weighted by atomic mass is 10.0. The van der Waals surface area contributed by atoms with Crippen LogP contribution in [-0.4, -0.2) is 78.9 Å². The van der Waals surface area contributed by atoms with E-state index < -0.39 is 18.2 Å². The molecule has 0 saturated heterocycles. The number of benzene rings is 3. The van der Waals surface area contributed by atoms with E-state index in [1.807, 2.05) is 37.3 Å². The minimum Gasteiger partial charge on any atom is -0.497 e. The van der Waals surface area contributed by atoms with Crippen molar-refractivity contribution in [2.45, 2.75) is 32.4 Å². The van der Waals surface area contributed by atoms with Crippen molar-refractivity contribution < 1.29 is 29.0 Å². The Hall–Kier alpha value is -4.77. The van der Waals surface area contributed by atoms with E-state index in [2.05, 4.69) is 16.0 Å². The Morgan fingerprint density at radius 3 is 2.35 bits per heavy atom. The first kappa shape index (κ1) is 31.2. The zero-order valence-electron chi connectivity index (χ0n) is 24.9. The largest absolute Gasteiger partial charge is 0.497 e. The van der Waals surface area contributed by atoms with Crippen molar-refractivity contribution in [2.24, 2.45) is 5.92 Å². The number of para-hydroxylation sites is 1. The molecule has 0 aromatic heterocycles. The number of rotatable bonds is 8. The van der Waals surface area contributed by atoms with Crippen molar-refractivity contribution in [3.8, 4) is 11.5 Å². The molecule has 1 aliphatic rings. The molecule has 0 bridgehead atoms. The number of hydrogen-bond donors (Lipinski definition) is 4. The summed E-state index contributed by atoms with van der Waals surface area (Å²) >= 11 is 0. The number of likely N-dealkylation sites (N-methyl/N-ethyl adjacent to an activating group) is 1. The molecule has 4 rings (SSSR count). The first-order chi connectivity index (χ1) is 20.7. The molecule has 0 aliphatic carbocycles. The number of urea groups is 2. The van der Waals surface area contributed by atoms with Crippen LogP contribution in [0.2, 0.25) is 0 Å². The molecule has 1 heterocycles. The summed E-state index contributed by atoms with van der Waals surface area (Å²) in [6, 6.07) is 20.1. The van der Waals surface area contributed by atoms with Crippen LogP contribution in [0.4, 0.5) is 26.7 Å². The molecule has 0 unspecified atom stereocenters. The predicted molar refractivity (Wildman–Crippen MR) is 166 cm³/mol. The first-order valence-electron chi connectivity index (χ1n) is 14.2. The maximum atomic E-state index is 13.5. The van der Waals surface area contributed by atoms with Gasteiger partial charge in [-0.3, -0.25) is 4.79 Å². The molecule has 0 radical (unpaired) electrons. The van der Waals surface area contributed by atoms with Crippen molar-refractivity contribution in [3.63, 3.8) is 0 Å². The van der Waals surface area contributed by atoms with E-state index in [-0.39, 0.29) is 37.4 Å². The summed E-state index contributed by atoms with van der Waals surface area (Å²) in [7, 11) is 3.26. The zero-order valence-corrected chi connectivity index (χ0v) is 24.9. The third-order valence-corrected chi connectivity index (χ3v) is 7.35. The molecular weight excluding hydrogens is 550 g/mol. The Labute approximate surface area is 251 Å². The van der Waals surface area contributed by atoms with Gasteiger partial charge in [-0.2, -0.15) is 0 Å². The molecule has 0 spiro atoms. The van der Waals surface area contributed by atoms with Gasteiger partial charge in [0, 0.05) is 42.1 Å². The number of anilines is 3. The zero-order chi connectivity index (χ0) is 30.9. The summed E-state index contributed by atoms with van der Waals surface area (Å²) in [5.41, 5.74) is 2.33. The van der Waals surface area contributed by atoms with Crippen molar-refractivity contribution in [1.29, 1.82) is 0 Å². The highest BCUT2D eigenvalue weighted by atomic mass is 16.5. The summed E-state index contributed by atoms with van der Waals surface area (Å²) in [6.45, 7) is 4.15. The number of hydrogen-bond acceptors (Lipinski definition) is 6. The number of aliphatic hydroxyl groups is 1. The van der Waals surface area contributed by atoms with Gasteiger partial charge in [-0.05, 0) is 61.5 Å². The number of ether oxygens (including phenoxy) is 2. The van der Waals surface area contributed by atoms with Crippen molar-refractivity contribution in [2.75, 3.05) is 49.8 Å². The van der Waals surface area contributed by atoms with Gasteiger partial charge in [0.1, 0.15) is 17.6 Å². The van der Waals surface area contributed by atoms with Gasteiger partial charge in [-0.25, -0.2) is 9.59 Å². The fraction of sp³-hybridized carbons (Fsp3) is 0.344. The summed E-state index contributed by atoms with van der Waals surface area (Å²) < 4.78 is 11.6. The highest BCUT2D eigenvalue weighted by Crippen LogP contribution is 2.29. The molecule has 11 heteroatoms. The average Bonchev–Trinajstić information content (AvgIpc) is 3.04. The first-order valence-corrected chi connectivity index (χ1v) is 14.2. The summed E-state index contributed by atoms with van der Waals surface area (Å²) in [6.07, 6.45) is -0.458. The number of nitrogens with one attached hydrogen (secondary N) is 3. The van der Waals surface area contributed by atoms with Crippen LogP contribution in [0.1, 0.15) is 19.4 Å². The maximum absolute atomic E-state index is 13.5. The van der Waals surface area contributed by atoms with E-state index in [0.717, 1.165) is 0 Å². The van der Waals surface area contributed by atoms with Crippen LogP contribution in [0.25, 0.3) is 0 Å². The molecule has 3 aromatic rings. The number of aliphatic hydroxyl groups excluding tert-OH is 1. The number of fused-ring (bicyclic) bond motifs is 1. The van der Waals surface area contributed by atoms with E-state index in [4.69, 9.17) is 9.47 Å². The molecule has 5 amide bonds. The van der Waals surface area contributed by atoms with Crippen LogP contribution in [0.5, 0.6) is 11.5 Å². The van der Waals surface area contributed by atoms with Gasteiger partial charge < -0.3 is 40.3 Å².